The second-order valence-electron chi connectivity index (χ2n) is 7.89. The SMILES string of the molecule is [2H]C([2H])([2H])c1ccc2c(n1)oc1c(-c3nccc4c(C([2H])([2H])C(C)(C)C)csc34)cccc12. The van der Waals surface area contributed by atoms with Gasteiger partial charge in [-0.05, 0) is 59.2 Å². The van der Waals surface area contributed by atoms with Crippen molar-refractivity contribution >= 4 is 43.5 Å². The molecule has 5 aromatic rings. The van der Waals surface area contributed by atoms with Gasteiger partial charge in [0.25, 0.3) is 0 Å². The molecular weight excluding hydrogens is 364 g/mol. The lowest BCUT2D eigenvalue weighted by molar-refractivity contribution is 0.413. The maximum Gasteiger partial charge on any atom is 0.227 e. The number of aromatic nitrogens is 2. The Hall–Kier alpha value is -2.72. The van der Waals surface area contributed by atoms with Crippen molar-refractivity contribution in [2.24, 2.45) is 5.41 Å². The number of thiophene rings is 1. The molecule has 4 heteroatoms. The van der Waals surface area contributed by atoms with Gasteiger partial charge in [0.1, 0.15) is 5.58 Å². The number of para-hydroxylation sites is 1. The molecule has 0 bridgehead atoms. The Labute approximate surface area is 175 Å². The third-order valence-corrected chi connectivity index (χ3v) is 5.62. The van der Waals surface area contributed by atoms with Crippen LogP contribution in [0.1, 0.15) is 38.9 Å². The Bertz CT molecular complexity index is 1530. The predicted octanol–water partition coefficient (Wildman–Crippen LogP) is 7.15. The van der Waals surface area contributed by atoms with Crippen LogP contribution >= 0.6 is 11.3 Å². The number of hydrogen-bond acceptors (Lipinski definition) is 4. The topological polar surface area (TPSA) is 38.9 Å². The maximum absolute atomic E-state index is 8.75. The number of hydrogen-bond donors (Lipinski definition) is 0. The van der Waals surface area contributed by atoms with Gasteiger partial charge in [-0.25, -0.2) is 4.98 Å². The van der Waals surface area contributed by atoms with Crippen molar-refractivity contribution in [3.8, 4) is 11.3 Å². The molecule has 0 amide bonds. The van der Waals surface area contributed by atoms with Gasteiger partial charge in [0, 0.05) is 35.1 Å². The molecule has 28 heavy (non-hydrogen) atoms. The largest absolute Gasteiger partial charge is 0.437 e. The monoisotopic (exact) mass is 391 g/mol. The number of benzene rings is 1. The van der Waals surface area contributed by atoms with Gasteiger partial charge in [-0.15, -0.1) is 11.3 Å². The lowest BCUT2D eigenvalue weighted by atomic mass is 9.88. The third-order valence-electron chi connectivity index (χ3n) is 4.62. The van der Waals surface area contributed by atoms with Crippen LogP contribution in [0.25, 0.3) is 43.4 Å². The molecule has 140 valence electrons. The number of fused-ring (bicyclic) bond motifs is 4. The molecule has 0 radical (unpaired) electrons. The van der Waals surface area contributed by atoms with Crippen molar-refractivity contribution in [2.45, 2.75) is 34.0 Å². The number of pyridine rings is 2. The standard InChI is InChI=1S/C24H22N2OS/c1-14-8-9-18-17-6-5-7-19(21(17)27-23(18)26-14)20-22-16(10-11-25-20)15(13-28-22)12-24(2,3)4/h5-11,13H,12H2,1-4H3/i1D3,12D2. The molecule has 5 rings (SSSR count). The van der Waals surface area contributed by atoms with E-state index in [1.54, 1.807) is 12.3 Å². The summed E-state index contributed by atoms with van der Waals surface area (Å²) in [6.07, 6.45) is 0.171. The molecule has 0 aliphatic rings. The highest BCUT2D eigenvalue weighted by Gasteiger charge is 2.19. The molecule has 3 nitrogen and oxygen atoms in total. The van der Waals surface area contributed by atoms with Crippen molar-refractivity contribution in [3.05, 3.63) is 59.2 Å². The van der Waals surface area contributed by atoms with Crippen LogP contribution in [0.15, 0.2) is 52.4 Å². The summed E-state index contributed by atoms with van der Waals surface area (Å²) >= 11 is 1.47. The van der Waals surface area contributed by atoms with Crippen molar-refractivity contribution in [1.29, 1.82) is 0 Å². The van der Waals surface area contributed by atoms with E-state index >= 15 is 0 Å². The first-order valence-corrected chi connectivity index (χ1v) is 9.97. The molecule has 4 aromatic heterocycles. The van der Waals surface area contributed by atoms with E-state index in [1.165, 1.54) is 17.4 Å². The molecule has 0 fully saturated rings. The van der Waals surface area contributed by atoms with Gasteiger partial charge >= 0.3 is 0 Å². The fraction of sp³-hybridized carbons (Fsp3) is 0.250. The summed E-state index contributed by atoms with van der Waals surface area (Å²) in [5.74, 6) is 0. The number of furan rings is 1. The maximum atomic E-state index is 8.75. The Balaban J connectivity index is 1.75. The van der Waals surface area contributed by atoms with Gasteiger partial charge in [-0.1, -0.05) is 32.9 Å². The van der Waals surface area contributed by atoms with Crippen LogP contribution in [0.4, 0.5) is 0 Å². The molecule has 0 atom stereocenters. The fourth-order valence-corrected chi connectivity index (χ4v) is 4.52. The highest BCUT2D eigenvalue weighted by Crippen LogP contribution is 2.40. The Morgan fingerprint density at radius 3 is 2.82 bits per heavy atom. The van der Waals surface area contributed by atoms with Crippen LogP contribution < -0.4 is 0 Å². The van der Waals surface area contributed by atoms with Crippen molar-refractivity contribution < 1.29 is 11.3 Å². The zero-order chi connectivity index (χ0) is 23.8. The molecular formula is C24H22N2OS. The van der Waals surface area contributed by atoms with Gasteiger partial charge in [0.05, 0.1) is 10.4 Å². The van der Waals surface area contributed by atoms with Gasteiger partial charge < -0.3 is 4.42 Å². The molecule has 0 N–H and O–H groups in total. The first kappa shape index (κ1) is 12.7. The molecule has 0 aliphatic carbocycles. The molecule has 0 saturated heterocycles. The first-order valence-electron chi connectivity index (χ1n) is 11.6. The summed E-state index contributed by atoms with van der Waals surface area (Å²) in [6.45, 7) is 3.37. The fourth-order valence-electron chi connectivity index (χ4n) is 3.52. The van der Waals surface area contributed by atoms with E-state index in [9.17, 15) is 0 Å². The Morgan fingerprint density at radius 1 is 1.11 bits per heavy atom. The summed E-state index contributed by atoms with van der Waals surface area (Å²) in [5, 5.41) is 4.28. The van der Waals surface area contributed by atoms with E-state index in [0.717, 1.165) is 26.4 Å². The van der Waals surface area contributed by atoms with Crippen molar-refractivity contribution in [1.82, 2.24) is 9.97 Å². The molecule has 0 unspecified atom stereocenters. The van der Waals surface area contributed by atoms with E-state index in [0.29, 0.717) is 16.8 Å². The van der Waals surface area contributed by atoms with Crippen LogP contribution in [-0.4, -0.2) is 9.97 Å². The average Bonchev–Trinajstić information content (AvgIpc) is 3.33. The van der Waals surface area contributed by atoms with Crippen LogP contribution in [0.3, 0.4) is 0 Å². The highest BCUT2D eigenvalue weighted by molar-refractivity contribution is 7.18. The number of aryl methyl sites for hydroxylation is 1. The van der Waals surface area contributed by atoms with Crippen LogP contribution in [0.5, 0.6) is 0 Å². The zero-order valence-electron chi connectivity index (χ0n) is 20.8. The Kier molecular flexibility index (Phi) is 2.78. The van der Waals surface area contributed by atoms with Crippen molar-refractivity contribution in [2.75, 3.05) is 0 Å². The summed E-state index contributed by atoms with van der Waals surface area (Å²) in [5.41, 5.74) is 2.38. The Morgan fingerprint density at radius 2 is 2.00 bits per heavy atom. The summed E-state index contributed by atoms with van der Waals surface area (Å²) < 4.78 is 47.4. The molecule has 1 aromatic carbocycles. The summed E-state index contributed by atoms with van der Waals surface area (Å²) in [4.78, 5) is 8.88. The van der Waals surface area contributed by atoms with E-state index in [4.69, 9.17) is 11.3 Å². The molecule has 0 aliphatic heterocycles. The molecule has 0 saturated carbocycles. The van der Waals surface area contributed by atoms with E-state index in [1.807, 2.05) is 50.4 Å². The summed E-state index contributed by atoms with van der Waals surface area (Å²) in [7, 11) is 0. The lowest BCUT2D eigenvalue weighted by Gasteiger charge is -2.17. The normalized spacial score (nSPS) is 16.0. The minimum Gasteiger partial charge on any atom is -0.437 e. The minimum atomic E-state index is -2.32. The smallest absolute Gasteiger partial charge is 0.227 e. The number of rotatable bonds is 2. The van der Waals surface area contributed by atoms with Crippen LogP contribution in [0, 0.1) is 12.3 Å². The van der Waals surface area contributed by atoms with Crippen LogP contribution in [0.2, 0.25) is 0 Å². The third kappa shape index (κ3) is 2.80. The van der Waals surface area contributed by atoms with Gasteiger partial charge in [-0.3, -0.25) is 4.98 Å². The number of nitrogens with zero attached hydrogens (tertiary/aromatic N) is 2. The second-order valence-corrected chi connectivity index (χ2v) is 8.77. The average molecular weight is 392 g/mol. The molecule has 0 spiro atoms. The zero-order valence-corrected chi connectivity index (χ0v) is 16.6. The van der Waals surface area contributed by atoms with Gasteiger partial charge in [0.15, 0.2) is 0 Å². The lowest BCUT2D eigenvalue weighted by Crippen LogP contribution is -2.08. The molecule has 4 heterocycles. The highest BCUT2D eigenvalue weighted by atomic mass is 32.1. The van der Waals surface area contributed by atoms with Crippen molar-refractivity contribution in [3.63, 3.8) is 0 Å². The minimum absolute atomic E-state index is 0.0110. The van der Waals surface area contributed by atoms with E-state index in [-0.39, 0.29) is 11.4 Å². The van der Waals surface area contributed by atoms with Gasteiger partial charge in [0.2, 0.25) is 5.71 Å². The van der Waals surface area contributed by atoms with E-state index in [2.05, 4.69) is 9.97 Å². The van der Waals surface area contributed by atoms with E-state index < -0.39 is 18.6 Å². The first-order chi connectivity index (χ1) is 15.4. The summed E-state index contributed by atoms with van der Waals surface area (Å²) in [6, 6.07) is 10.8. The van der Waals surface area contributed by atoms with Crippen LogP contribution in [-0.2, 0) is 6.37 Å². The predicted molar refractivity (Wildman–Crippen MR) is 118 cm³/mol. The second kappa shape index (κ2) is 6.14. The quantitative estimate of drug-likeness (QED) is 0.320. The van der Waals surface area contributed by atoms with Gasteiger partial charge in [-0.2, -0.15) is 0 Å².